The van der Waals surface area contributed by atoms with Gasteiger partial charge in [0.25, 0.3) is 5.91 Å². The maximum absolute atomic E-state index is 12.9. The molecule has 1 atom stereocenters. The molecule has 0 aliphatic carbocycles. The van der Waals surface area contributed by atoms with Crippen LogP contribution in [0.15, 0.2) is 46.3 Å². The molecule has 0 N–H and O–H groups in total. The highest BCUT2D eigenvalue weighted by Gasteiger charge is 2.28. The van der Waals surface area contributed by atoms with Crippen molar-refractivity contribution in [3.8, 4) is 0 Å². The van der Waals surface area contributed by atoms with E-state index in [0.717, 1.165) is 17.5 Å². The number of benzene rings is 2. The number of rotatable bonds is 3. The van der Waals surface area contributed by atoms with Crippen LogP contribution in [-0.2, 0) is 17.1 Å². The molecule has 1 amide bonds. The highest BCUT2D eigenvalue weighted by atomic mass is 35.5. The molecule has 0 bridgehead atoms. The molecular formula is C21H21Cl2N3O3S2. The first-order valence-corrected chi connectivity index (χ1v) is 12.8. The number of thiazole rings is 1. The average Bonchev–Trinajstić information content (AvgIpc) is 3.08. The molecule has 0 saturated carbocycles. The van der Waals surface area contributed by atoms with Crippen molar-refractivity contribution in [3.63, 3.8) is 0 Å². The minimum Gasteiger partial charge on any atom is -0.318 e. The molecule has 6 nitrogen and oxygen atoms in total. The highest BCUT2D eigenvalue weighted by molar-refractivity contribution is 7.89. The van der Waals surface area contributed by atoms with Gasteiger partial charge in [0.1, 0.15) is 0 Å². The lowest BCUT2D eigenvalue weighted by molar-refractivity contribution is 0.0998. The van der Waals surface area contributed by atoms with E-state index in [1.807, 2.05) is 0 Å². The van der Waals surface area contributed by atoms with Crippen LogP contribution < -0.4 is 4.80 Å². The summed E-state index contributed by atoms with van der Waals surface area (Å²) in [6.45, 7) is 3.10. The summed E-state index contributed by atoms with van der Waals surface area (Å²) in [5.41, 5.74) is 1.02. The van der Waals surface area contributed by atoms with Crippen LogP contribution in [0.2, 0.25) is 10.0 Å². The Labute approximate surface area is 194 Å². The van der Waals surface area contributed by atoms with E-state index >= 15 is 0 Å². The maximum Gasteiger partial charge on any atom is 0.279 e. The Morgan fingerprint density at radius 2 is 1.81 bits per heavy atom. The molecule has 1 aliphatic rings. The molecule has 1 aliphatic heterocycles. The minimum atomic E-state index is -3.57. The van der Waals surface area contributed by atoms with Gasteiger partial charge in [-0.2, -0.15) is 9.30 Å². The zero-order chi connectivity index (χ0) is 22.3. The number of hydrogen-bond donors (Lipinski definition) is 0. The van der Waals surface area contributed by atoms with Gasteiger partial charge >= 0.3 is 0 Å². The van der Waals surface area contributed by atoms with Crippen molar-refractivity contribution in [2.24, 2.45) is 18.0 Å². The second-order valence-electron chi connectivity index (χ2n) is 7.70. The summed E-state index contributed by atoms with van der Waals surface area (Å²) in [4.78, 5) is 17.6. The summed E-state index contributed by atoms with van der Waals surface area (Å²) in [5.74, 6) is -0.128. The van der Waals surface area contributed by atoms with Crippen LogP contribution in [-0.4, -0.2) is 36.3 Å². The molecule has 31 heavy (non-hydrogen) atoms. The van der Waals surface area contributed by atoms with E-state index < -0.39 is 15.9 Å². The molecule has 1 fully saturated rings. The lowest BCUT2D eigenvalue weighted by Crippen LogP contribution is -2.39. The Bertz CT molecular complexity index is 1330. The summed E-state index contributed by atoms with van der Waals surface area (Å²) >= 11 is 13.8. The maximum atomic E-state index is 12.9. The van der Waals surface area contributed by atoms with E-state index in [9.17, 15) is 13.2 Å². The minimum absolute atomic E-state index is 0.184. The van der Waals surface area contributed by atoms with E-state index in [1.54, 1.807) is 23.7 Å². The van der Waals surface area contributed by atoms with E-state index in [1.165, 1.54) is 39.9 Å². The van der Waals surface area contributed by atoms with Gasteiger partial charge < -0.3 is 4.57 Å². The molecule has 0 radical (unpaired) electrons. The number of aromatic nitrogens is 1. The zero-order valence-electron chi connectivity index (χ0n) is 17.0. The molecule has 0 spiro atoms. The molecular weight excluding hydrogens is 477 g/mol. The van der Waals surface area contributed by atoms with Crippen LogP contribution in [0.1, 0.15) is 30.1 Å². The molecule has 1 aromatic heterocycles. The number of halogens is 2. The third-order valence-electron chi connectivity index (χ3n) is 5.41. The number of amides is 1. The molecule has 1 unspecified atom stereocenters. The molecule has 164 valence electrons. The quantitative estimate of drug-likeness (QED) is 0.525. The molecule has 2 heterocycles. The average molecular weight is 498 g/mol. The van der Waals surface area contributed by atoms with Gasteiger partial charge in [-0.3, -0.25) is 4.79 Å². The van der Waals surface area contributed by atoms with Crippen LogP contribution in [0, 0.1) is 5.92 Å². The number of aryl methyl sites for hydroxylation is 1. The Morgan fingerprint density at radius 3 is 2.45 bits per heavy atom. The fourth-order valence-electron chi connectivity index (χ4n) is 3.72. The van der Waals surface area contributed by atoms with Crippen molar-refractivity contribution < 1.29 is 13.2 Å². The Hall–Kier alpha value is -1.71. The van der Waals surface area contributed by atoms with Gasteiger partial charge in [-0.25, -0.2) is 8.42 Å². The number of hydrogen-bond acceptors (Lipinski definition) is 4. The molecule has 4 rings (SSSR count). The SMILES string of the molecule is CC1CCCN(S(=O)(=O)c2ccc(C(=O)N=c3sc4c(Cl)ccc(Cl)c4n3C)cc2)C1. The first-order valence-electron chi connectivity index (χ1n) is 9.81. The van der Waals surface area contributed by atoms with Crippen LogP contribution in [0.5, 0.6) is 0 Å². The van der Waals surface area contributed by atoms with E-state index in [4.69, 9.17) is 23.2 Å². The fourth-order valence-corrected chi connectivity index (χ4v) is 6.98. The monoisotopic (exact) mass is 497 g/mol. The molecule has 3 aromatic rings. The predicted molar refractivity (Wildman–Crippen MR) is 124 cm³/mol. The second-order valence-corrected chi connectivity index (χ2v) is 11.4. The third-order valence-corrected chi connectivity index (χ3v) is 9.18. The predicted octanol–water partition coefficient (Wildman–Crippen LogP) is 4.71. The third kappa shape index (κ3) is 4.32. The van der Waals surface area contributed by atoms with Crippen molar-refractivity contribution in [1.82, 2.24) is 8.87 Å². The van der Waals surface area contributed by atoms with E-state index in [0.29, 0.717) is 44.9 Å². The summed E-state index contributed by atoms with van der Waals surface area (Å²) < 4.78 is 29.8. The lowest BCUT2D eigenvalue weighted by Gasteiger charge is -2.30. The summed E-state index contributed by atoms with van der Waals surface area (Å²) in [6, 6.07) is 9.34. The first kappa shape index (κ1) is 22.5. The number of fused-ring (bicyclic) bond motifs is 1. The lowest BCUT2D eigenvalue weighted by atomic mass is 10.0. The molecule has 1 saturated heterocycles. The van der Waals surface area contributed by atoms with Gasteiger partial charge in [-0.05, 0) is 55.2 Å². The number of nitrogens with zero attached hydrogens (tertiary/aromatic N) is 3. The van der Waals surface area contributed by atoms with Gasteiger partial charge in [0, 0.05) is 25.7 Å². The van der Waals surface area contributed by atoms with Gasteiger partial charge in [0.2, 0.25) is 10.0 Å². The summed E-state index contributed by atoms with van der Waals surface area (Å²) in [7, 11) is -1.80. The standard InChI is InChI=1S/C21H21Cl2N3O3S2/c1-13-4-3-11-26(12-13)31(28,29)15-7-5-14(6-8-15)20(27)24-21-25(2)18-16(22)9-10-17(23)19(18)30-21/h5-10,13H,3-4,11-12H2,1-2H3. The van der Waals surface area contributed by atoms with Gasteiger partial charge in [-0.1, -0.05) is 41.5 Å². The van der Waals surface area contributed by atoms with Crippen LogP contribution in [0.4, 0.5) is 0 Å². The fraction of sp³-hybridized carbons (Fsp3) is 0.333. The van der Waals surface area contributed by atoms with Crippen LogP contribution >= 0.6 is 34.5 Å². The Kier molecular flexibility index (Phi) is 6.29. The highest BCUT2D eigenvalue weighted by Crippen LogP contribution is 2.31. The topological polar surface area (TPSA) is 71.7 Å². The van der Waals surface area contributed by atoms with Gasteiger partial charge in [0.15, 0.2) is 4.80 Å². The Balaban J connectivity index is 1.64. The van der Waals surface area contributed by atoms with E-state index in [2.05, 4.69) is 11.9 Å². The largest absolute Gasteiger partial charge is 0.318 e. The Morgan fingerprint density at radius 1 is 1.13 bits per heavy atom. The van der Waals surface area contributed by atoms with Gasteiger partial charge in [-0.15, -0.1) is 0 Å². The van der Waals surface area contributed by atoms with Crippen LogP contribution in [0.25, 0.3) is 10.2 Å². The normalized spacial score (nSPS) is 18.6. The van der Waals surface area contributed by atoms with Gasteiger partial charge in [0.05, 0.1) is 25.2 Å². The van der Waals surface area contributed by atoms with Crippen molar-refractivity contribution in [2.45, 2.75) is 24.7 Å². The van der Waals surface area contributed by atoms with Crippen molar-refractivity contribution >= 4 is 60.7 Å². The van der Waals surface area contributed by atoms with E-state index in [-0.39, 0.29) is 4.90 Å². The summed E-state index contributed by atoms with van der Waals surface area (Å²) in [6.07, 6.45) is 1.89. The smallest absolute Gasteiger partial charge is 0.279 e. The van der Waals surface area contributed by atoms with Crippen LogP contribution in [0.3, 0.4) is 0 Å². The number of carbonyl (C=O) groups is 1. The van der Waals surface area contributed by atoms with Crippen molar-refractivity contribution in [1.29, 1.82) is 0 Å². The summed E-state index contributed by atoms with van der Waals surface area (Å²) in [5, 5.41) is 1.06. The van der Waals surface area contributed by atoms with Crippen molar-refractivity contribution in [3.05, 3.63) is 56.8 Å². The number of piperidine rings is 1. The number of sulfonamides is 1. The second kappa shape index (κ2) is 8.67. The zero-order valence-corrected chi connectivity index (χ0v) is 20.2. The van der Waals surface area contributed by atoms with Crippen molar-refractivity contribution in [2.75, 3.05) is 13.1 Å². The molecule has 2 aromatic carbocycles. The number of carbonyl (C=O) groups excluding carboxylic acids is 1. The molecule has 10 heteroatoms. The first-order chi connectivity index (χ1) is 14.7.